The molecule has 0 spiro atoms. The molecule has 102 valence electrons. The van der Waals surface area contributed by atoms with Gasteiger partial charge in [0.25, 0.3) is 0 Å². The first kappa shape index (κ1) is 14.0. The predicted molar refractivity (Wildman–Crippen MR) is 80.0 cm³/mol. The zero-order chi connectivity index (χ0) is 12.8. The van der Waals surface area contributed by atoms with Crippen molar-refractivity contribution < 1.29 is 0 Å². The van der Waals surface area contributed by atoms with Crippen molar-refractivity contribution in [3.8, 4) is 0 Å². The standard InChI is InChI=1S/C15H26N2S/c1-3-9-16-11-14-7-8-15(18-14)12-17-10-5-6-13(17)4-2/h7-8,13,16H,3-6,9-12H2,1-2H3. The smallest absolute Gasteiger partial charge is 0.0330 e. The number of thiophene rings is 1. The fraction of sp³-hybridized carbons (Fsp3) is 0.733. The summed E-state index contributed by atoms with van der Waals surface area (Å²) in [4.78, 5) is 5.67. The SMILES string of the molecule is CCCNCc1ccc(CN2CCCC2CC)s1. The summed E-state index contributed by atoms with van der Waals surface area (Å²) in [5.74, 6) is 0. The minimum absolute atomic E-state index is 0.828. The van der Waals surface area contributed by atoms with Crippen LogP contribution in [-0.4, -0.2) is 24.0 Å². The van der Waals surface area contributed by atoms with Crippen LogP contribution < -0.4 is 5.32 Å². The molecule has 1 aromatic heterocycles. The van der Waals surface area contributed by atoms with Gasteiger partial charge in [-0.3, -0.25) is 4.90 Å². The third-order valence-electron chi connectivity index (χ3n) is 3.77. The third kappa shape index (κ3) is 3.81. The van der Waals surface area contributed by atoms with Gasteiger partial charge in [-0.2, -0.15) is 0 Å². The zero-order valence-electron chi connectivity index (χ0n) is 11.7. The minimum Gasteiger partial charge on any atom is -0.312 e. The van der Waals surface area contributed by atoms with Gasteiger partial charge in [0.15, 0.2) is 0 Å². The molecule has 2 heterocycles. The van der Waals surface area contributed by atoms with E-state index in [1.807, 2.05) is 11.3 Å². The quantitative estimate of drug-likeness (QED) is 0.758. The predicted octanol–water partition coefficient (Wildman–Crippen LogP) is 3.62. The number of nitrogens with one attached hydrogen (secondary N) is 1. The molecule has 1 saturated heterocycles. The summed E-state index contributed by atoms with van der Waals surface area (Å²) in [7, 11) is 0. The van der Waals surface area contributed by atoms with Crippen LogP contribution in [0.2, 0.25) is 0 Å². The Balaban J connectivity index is 1.82. The maximum atomic E-state index is 3.48. The second-order valence-electron chi connectivity index (χ2n) is 5.22. The monoisotopic (exact) mass is 266 g/mol. The van der Waals surface area contributed by atoms with E-state index in [0.717, 1.165) is 25.7 Å². The van der Waals surface area contributed by atoms with E-state index in [1.54, 1.807) is 0 Å². The molecule has 1 N–H and O–H groups in total. The molecule has 0 aromatic carbocycles. The van der Waals surface area contributed by atoms with Gasteiger partial charge >= 0.3 is 0 Å². The molecule has 3 heteroatoms. The highest BCUT2D eigenvalue weighted by molar-refractivity contribution is 7.11. The molecule has 0 saturated carbocycles. The van der Waals surface area contributed by atoms with Crippen LogP contribution in [0.15, 0.2) is 12.1 Å². The van der Waals surface area contributed by atoms with E-state index in [9.17, 15) is 0 Å². The Bertz CT molecular complexity index is 348. The average Bonchev–Trinajstić information content (AvgIpc) is 2.99. The van der Waals surface area contributed by atoms with Gasteiger partial charge in [-0.25, -0.2) is 0 Å². The largest absolute Gasteiger partial charge is 0.312 e. The number of rotatable bonds is 7. The van der Waals surface area contributed by atoms with Gasteiger partial charge in [-0.05, 0) is 50.9 Å². The van der Waals surface area contributed by atoms with Gasteiger partial charge in [-0.1, -0.05) is 13.8 Å². The lowest BCUT2D eigenvalue weighted by molar-refractivity contribution is 0.242. The van der Waals surface area contributed by atoms with Crippen molar-refractivity contribution in [2.45, 2.75) is 58.7 Å². The summed E-state index contributed by atoms with van der Waals surface area (Å²) < 4.78 is 0. The normalized spacial score (nSPS) is 20.7. The Hall–Kier alpha value is -0.380. The molecule has 18 heavy (non-hydrogen) atoms. The van der Waals surface area contributed by atoms with E-state index in [2.05, 4.69) is 36.2 Å². The van der Waals surface area contributed by atoms with Crippen LogP contribution in [-0.2, 0) is 13.1 Å². The fourth-order valence-corrected chi connectivity index (χ4v) is 3.77. The van der Waals surface area contributed by atoms with E-state index in [-0.39, 0.29) is 0 Å². The molecule has 2 rings (SSSR count). The fourth-order valence-electron chi connectivity index (χ4n) is 2.76. The Morgan fingerprint density at radius 2 is 2.17 bits per heavy atom. The number of likely N-dealkylation sites (tertiary alicyclic amines) is 1. The van der Waals surface area contributed by atoms with E-state index < -0.39 is 0 Å². The van der Waals surface area contributed by atoms with Crippen molar-refractivity contribution in [1.29, 1.82) is 0 Å². The lowest BCUT2D eigenvalue weighted by Crippen LogP contribution is -2.27. The summed E-state index contributed by atoms with van der Waals surface area (Å²) in [6, 6.07) is 5.44. The van der Waals surface area contributed by atoms with Gasteiger partial charge < -0.3 is 5.32 Å². The van der Waals surface area contributed by atoms with Crippen LogP contribution in [0, 0.1) is 0 Å². The van der Waals surface area contributed by atoms with E-state index >= 15 is 0 Å². The summed E-state index contributed by atoms with van der Waals surface area (Å²) in [5, 5.41) is 3.48. The van der Waals surface area contributed by atoms with Crippen LogP contribution in [0.5, 0.6) is 0 Å². The summed E-state index contributed by atoms with van der Waals surface area (Å²) in [6.07, 6.45) is 5.29. The molecule has 0 amide bonds. The molecular formula is C15H26N2S. The van der Waals surface area contributed by atoms with Gasteiger partial charge in [0.05, 0.1) is 0 Å². The van der Waals surface area contributed by atoms with E-state index in [1.165, 1.54) is 42.0 Å². The highest BCUT2D eigenvalue weighted by Crippen LogP contribution is 2.25. The van der Waals surface area contributed by atoms with E-state index in [4.69, 9.17) is 0 Å². The Morgan fingerprint density at radius 1 is 1.33 bits per heavy atom. The van der Waals surface area contributed by atoms with Crippen molar-refractivity contribution in [3.05, 3.63) is 21.9 Å². The van der Waals surface area contributed by atoms with Crippen LogP contribution in [0.1, 0.15) is 49.3 Å². The maximum absolute atomic E-state index is 3.48. The minimum atomic E-state index is 0.828. The second-order valence-corrected chi connectivity index (χ2v) is 6.47. The summed E-state index contributed by atoms with van der Waals surface area (Å²) >= 11 is 1.98. The summed E-state index contributed by atoms with van der Waals surface area (Å²) in [5.41, 5.74) is 0. The Kier molecular flexibility index (Phi) is 5.67. The van der Waals surface area contributed by atoms with E-state index in [0.29, 0.717) is 0 Å². The molecule has 1 unspecified atom stereocenters. The lowest BCUT2D eigenvalue weighted by Gasteiger charge is -2.22. The van der Waals surface area contributed by atoms with Gasteiger partial charge in [0, 0.05) is 28.9 Å². The first-order chi connectivity index (χ1) is 8.83. The third-order valence-corrected chi connectivity index (χ3v) is 4.84. The molecule has 1 aromatic rings. The topological polar surface area (TPSA) is 15.3 Å². The number of hydrogen-bond donors (Lipinski definition) is 1. The molecule has 0 bridgehead atoms. The molecule has 1 atom stereocenters. The van der Waals surface area contributed by atoms with Crippen LogP contribution in [0.3, 0.4) is 0 Å². The molecule has 1 fully saturated rings. The van der Waals surface area contributed by atoms with Gasteiger partial charge in [0.2, 0.25) is 0 Å². The van der Waals surface area contributed by atoms with Crippen LogP contribution >= 0.6 is 11.3 Å². The Labute approximate surface area is 115 Å². The molecule has 1 aliphatic heterocycles. The molecule has 2 nitrogen and oxygen atoms in total. The molecule has 1 aliphatic rings. The Morgan fingerprint density at radius 3 is 2.94 bits per heavy atom. The van der Waals surface area contributed by atoms with Gasteiger partial charge in [0.1, 0.15) is 0 Å². The lowest BCUT2D eigenvalue weighted by atomic mass is 10.2. The maximum Gasteiger partial charge on any atom is 0.0330 e. The summed E-state index contributed by atoms with van der Waals surface area (Å²) in [6.45, 7) is 9.15. The van der Waals surface area contributed by atoms with Crippen molar-refractivity contribution >= 4 is 11.3 Å². The number of nitrogens with zero attached hydrogens (tertiary/aromatic N) is 1. The van der Waals surface area contributed by atoms with Crippen molar-refractivity contribution in [3.63, 3.8) is 0 Å². The van der Waals surface area contributed by atoms with Crippen molar-refractivity contribution in [1.82, 2.24) is 10.2 Å². The first-order valence-electron chi connectivity index (χ1n) is 7.35. The van der Waals surface area contributed by atoms with Crippen molar-refractivity contribution in [2.75, 3.05) is 13.1 Å². The first-order valence-corrected chi connectivity index (χ1v) is 8.17. The zero-order valence-corrected chi connectivity index (χ0v) is 12.6. The average molecular weight is 266 g/mol. The van der Waals surface area contributed by atoms with Crippen LogP contribution in [0.4, 0.5) is 0 Å². The highest BCUT2D eigenvalue weighted by atomic mass is 32.1. The molecule has 0 radical (unpaired) electrons. The highest BCUT2D eigenvalue weighted by Gasteiger charge is 2.22. The number of hydrogen-bond acceptors (Lipinski definition) is 3. The van der Waals surface area contributed by atoms with Gasteiger partial charge in [-0.15, -0.1) is 11.3 Å². The van der Waals surface area contributed by atoms with Crippen molar-refractivity contribution in [2.24, 2.45) is 0 Å². The van der Waals surface area contributed by atoms with Crippen LogP contribution in [0.25, 0.3) is 0 Å². The molecular weight excluding hydrogens is 240 g/mol. The second kappa shape index (κ2) is 7.27. The molecule has 0 aliphatic carbocycles.